The van der Waals surface area contributed by atoms with Crippen LogP contribution < -0.4 is 0 Å². The summed E-state index contributed by atoms with van der Waals surface area (Å²) >= 11 is 5.28. The number of hydrogen-bond acceptors (Lipinski definition) is 2. The second-order valence-corrected chi connectivity index (χ2v) is 1.95. The predicted molar refractivity (Wildman–Crippen MR) is 36.2 cm³/mol. The van der Waals surface area contributed by atoms with Crippen LogP contribution in [0.15, 0.2) is 11.1 Å². The molecule has 0 saturated carbocycles. The van der Waals surface area contributed by atoms with Crippen LogP contribution in [0.3, 0.4) is 0 Å². The number of halogens is 1. The average Bonchev–Trinajstić information content (AvgIpc) is 1.83. The van der Waals surface area contributed by atoms with Gasteiger partial charge in [0.05, 0.1) is 0 Å². The van der Waals surface area contributed by atoms with Crippen LogP contribution in [0.2, 0.25) is 0 Å². The quantitative estimate of drug-likeness (QED) is 0.557. The van der Waals surface area contributed by atoms with E-state index in [9.17, 15) is 4.79 Å². The van der Waals surface area contributed by atoms with Crippen LogP contribution in [0.4, 0.5) is 0 Å². The lowest BCUT2D eigenvalue weighted by atomic mass is 10.4. The first-order valence-electron chi connectivity index (χ1n) is 2.56. The average molecular weight is 149 g/mol. The Balaban J connectivity index is 3.39. The molecule has 0 aromatic heterocycles. The molecule has 0 aromatic carbocycles. The molecule has 0 fully saturated rings. The molecule has 0 saturated heterocycles. The maximum Gasteiger partial charge on any atom is 0.302 e. The summed E-state index contributed by atoms with van der Waals surface area (Å²) in [5.41, 5.74) is 2.23. The summed E-state index contributed by atoms with van der Waals surface area (Å²) in [6, 6.07) is 0. The van der Waals surface area contributed by atoms with Crippen LogP contribution >= 0.6 is 11.6 Å². The Morgan fingerprint density at radius 2 is 2.22 bits per heavy atom. The molecule has 52 valence electrons. The third-order valence-electron chi connectivity index (χ3n) is 0.689. The van der Waals surface area contributed by atoms with E-state index in [2.05, 4.69) is 4.74 Å². The van der Waals surface area contributed by atoms with E-state index in [-0.39, 0.29) is 5.97 Å². The largest absolute Gasteiger partial charge is 0.461 e. The second kappa shape index (κ2) is 4.39. The predicted octanol–water partition coefficient (Wildman–Crippen LogP) is 1.69. The molecule has 3 heteroatoms. The molecule has 0 aliphatic heterocycles. The molecule has 0 aliphatic rings. The summed E-state index contributed by atoms with van der Waals surface area (Å²) in [6.45, 7) is 3.44. The summed E-state index contributed by atoms with van der Waals surface area (Å²) in [6.07, 6.45) is 0. The van der Waals surface area contributed by atoms with Gasteiger partial charge in [0, 0.05) is 12.5 Å². The summed E-state index contributed by atoms with van der Waals surface area (Å²) in [5.74, 6) is -0.284. The van der Waals surface area contributed by atoms with Crippen molar-refractivity contribution in [2.75, 3.05) is 6.61 Å². The lowest BCUT2D eigenvalue weighted by Crippen LogP contribution is -2.00. The van der Waals surface area contributed by atoms with Gasteiger partial charge in [-0.1, -0.05) is 11.6 Å². The number of hydrogen-bond donors (Lipinski definition) is 0. The van der Waals surface area contributed by atoms with E-state index in [4.69, 9.17) is 11.6 Å². The van der Waals surface area contributed by atoms with Gasteiger partial charge in [-0.2, -0.15) is 0 Å². The van der Waals surface area contributed by atoms with E-state index < -0.39 is 0 Å². The van der Waals surface area contributed by atoms with Gasteiger partial charge in [0.2, 0.25) is 0 Å². The van der Waals surface area contributed by atoms with Crippen molar-refractivity contribution in [2.45, 2.75) is 13.8 Å². The van der Waals surface area contributed by atoms with Crippen molar-refractivity contribution in [1.82, 2.24) is 0 Å². The Kier molecular flexibility index (Phi) is 4.14. The van der Waals surface area contributed by atoms with E-state index in [1.165, 1.54) is 12.5 Å². The second-order valence-electron chi connectivity index (χ2n) is 1.74. The van der Waals surface area contributed by atoms with Gasteiger partial charge in [-0.3, -0.25) is 4.79 Å². The van der Waals surface area contributed by atoms with Crippen molar-refractivity contribution in [3.63, 3.8) is 0 Å². The highest BCUT2D eigenvalue weighted by molar-refractivity contribution is 6.25. The third kappa shape index (κ3) is 5.37. The molecular formula is C6H9ClO2. The number of carbonyl (C=O) groups is 1. The van der Waals surface area contributed by atoms with E-state index in [0.717, 1.165) is 5.57 Å². The molecular weight excluding hydrogens is 140 g/mol. The maximum atomic E-state index is 10.2. The minimum atomic E-state index is -0.284. The van der Waals surface area contributed by atoms with E-state index >= 15 is 0 Å². The number of ether oxygens (including phenoxy) is 1. The van der Waals surface area contributed by atoms with E-state index in [1.54, 1.807) is 6.92 Å². The SMILES string of the molecule is CC(=O)OC/C(C)=C\Cl. The van der Waals surface area contributed by atoms with Crippen molar-refractivity contribution < 1.29 is 9.53 Å². The lowest BCUT2D eigenvalue weighted by molar-refractivity contribution is -0.139. The molecule has 0 bridgehead atoms. The van der Waals surface area contributed by atoms with Crippen LogP contribution in [0.1, 0.15) is 13.8 Å². The normalized spacial score (nSPS) is 11.2. The van der Waals surface area contributed by atoms with Gasteiger partial charge in [0.1, 0.15) is 6.61 Å². The fraction of sp³-hybridized carbons (Fsp3) is 0.500. The van der Waals surface area contributed by atoms with Gasteiger partial charge in [-0.05, 0) is 12.5 Å². The molecule has 0 N–H and O–H groups in total. The maximum absolute atomic E-state index is 10.2. The Labute approximate surface area is 59.5 Å². The van der Waals surface area contributed by atoms with Crippen LogP contribution in [0.5, 0.6) is 0 Å². The molecule has 9 heavy (non-hydrogen) atoms. The molecule has 0 amide bonds. The highest BCUT2D eigenvalue weighted by atomic mass is 35.5. The van der Waals surface area contributed by atoms with Gasteiger partial charge in [-0.25, -0.2) is 0 Å². The first-order valence-corrected chi connectivity index (χ1v) is 2.99. The van der Waals surface area contributed by atoms with Crippen molar-refractivity contribution in [2.24, 2.45) is 0 Å². The van der Waals surface area contributed by atoms with Crippen molar-refractivity contribution in [3.8, 4) is 0 Å². The first-order chi connectivity index (χ1) is 4.16. The van der Waals surface area contributed by atoms with Crippen molar-refractivity contribution in [3.05, 3.63) is 11.1 Å². The first kappa shape index (κ1) is 8.50. The van der Waals surface area contributed by atoms with Gasteiger partial charge >= 0.3 is 5.97 Å². The number of esters is 1. The van der Waals surface area contributed by atoms with Gasteiger partial charge in [0.25, 0.3) is 0 Å². The Morgan fingerprint density at radius 1 is 1.67 bits per heavy atom. The molecule has 0 unspecified atom stereocenters. The summed E-state index contributed by atoms with van der Waals surface area (Å²) in [5, 5.41) is 0. The lowest BCUT2D eigenvalue weighted by Gasteiger charge is -1.98. The smallest absolute Gasteiger partial charge is 0.302 e. The topological polar surface area (TPSA) is 26.3 Å². The third-order valence-corrected chi connectivity index (χ3v) is 1.06. The Hall–Kier alpha value is -0.500. The molecule has 0 aliphatic carbocycles. The molecule has 0 rings (SSSR count). The van der Waals surface area contributed by atoms with Crippen LogP contribution in [0.25, 0.3) is 0 Å². The fourth-order valence-corrected chi connectivity index (χ4v) is 0.310. The highest BCUT2D eigenvalue weighted by Gasteiger charge is 1.91. The minimum Gasteiger partial charge on any atom is -0.461 e. The zero-order valence-corrected chi connectivity index (χ0v) is 6.23. The fourth-order valence-electron chi connectivity index (χ4n) is 0.247. The van der Waals surface area contributed by atoms with Crippen LogP contribution in [-0.2, 0) is 9.53 Å². The molecule has 0 heterocycles. The minimum absolute atomic E-state index is 0.284. The van der Waals surface area contributed by atoms with Gasteiger partial charge < -0.3 is 4.74 Å². The monoisotopic (exact) mass is 148 g/mol. The van der Waals surface area contributed by atoms with Crippen LogP contribution in [0, 0.1) is 0 Å². The van der Waals surface area contributed by atoms with Crippen molar-refractivity contribution >= 4 is 17.6 Å². The number of carbonyl (C=O) groups excluding carboxylic acids is 1. The summed E-state index contributed by atoms with van der Waals surface area (Å²) in [4.78, 5) is 10.2. The summed E-state index contributed by atoms with van der Waals surface area (Å²) < 4.78 is 4.60. The van der Waals surface area contributed by atoms with E-state index in [0.29, 0.717) is 6.61 Å². The zero-order chi connectivity index (χ0) is 7.28. The van der Waals surface area contributed by atoms with Gasteiger partial charge in [-0.15, -0.1) is 0 Å². The van der Waals surface area contributed by atoms with E-state index in [1.807, 2.05) is 0 Å². The molecule has 0 aromatic rings. The van der Waals surface area contributed by atoms with Gasteiger partial charge in [0.15, 0.2) is 0 Å². The highest BCUT2D eigenvalue weighted by Crippen LogP contribution is 1.95. The molecule has 2 nitrogen and oxygen atoms in total. The van der Waals surface area contributed by atoms with Crippen molar-refractivity contribution in [1.29, 1.82) is 0 Å². The van der Waals surface area contributed by atoms with Crippen LogP contribution in [-0.4, -0.2) is 12.6 Å². The molecule has 0 radical (unpaired) electrons. The standard InChI is InChI=1S/C6H9ClO2/c1-5(3-7)4-9-6(2)8/h3H,4H2,1-2H3/b5-3-. The Morgan fingerprint density at radius 3 is 2.56 bits per heavy atom. The molecule has 0 spiro atoms. The Bertz CT molecular complexity index is 129. The summed E-state index contributed by atoms with van der Waals surface area (Å²) in [7, 11) is 0. The number of rotatable bonds is 2. The zero-order valence-electron chi connectivity index (χ0n) is 5.48. The molecule has 0 atom stereocenters.